The van der Waals surface area contributed by atoms with Crippen molar-refractivity contribution in [3.05, 3.63) is 89.6 Å². The number of esters is 1. The lowest BCUT2D eigenvalue weighted by Crippen LogP contribution is -2.05. The molecule has 1 aromatic heterocycles. The normalized spacial score (nSPS) is 11.5. The van der Waals surface area contributed by atoms with E-state index in [1.54, 1.807) is 13.0 Å². The standard InChI is InChI=1S/C25H20N2O2/c1-2-29-25(28)20(15-26)14-21-17-27(24-13-6-5-12-23(21)24)16-19-10-7-9-18-8-3-4-11-22(18)19/h3-14,17H,2,16H2,1H3/b20-14-. The Balaban J connectivity index is 1.81. The number of nitrogens with zero attached hydrogens (tertiary/aromatic N) is 2. The largest absolute Gasteiger partial charge is 0.462 e. The highest BCUT2D eigenvalue weighted by Gasteiger charge is 2.13. The van der Waals surface area contributed by atoms with Crippen LogP contribution in [0.25, 0.3) is 27.8 Å². The summed E-state index contributed by atoms with van der Waals surface area (Å²) >= 11 is 0. The summed E-state index contributed by atoms with van der Waals surface area (Å²) in [5.41, 5.74) is 3.09. The van der Waals surface area contributed by atoms with Crippen molar-refractivity contribution < 1.29 is 9.53 Å². The summed E-state index contributed by atoms with van der Waals surface area (Å²) in [6.07, 6.45) is 3.60. The predicted octanol–water partition coefficient (Wildman–Crippen LogP) is 5.31. The summed E-state index contributed by atoms with van der Waals surface area (Å²) < 4.78 is 7.15. The van der Waals surface area contributed by atoms with E-state index in [9.17, 15) is 10.1 Å². The van der Waals surface area contributed by atoms with Gasteiger partial charge in [-0.15, -0.1) is 0 Å². The van der Waals surface area contributed by atoms with Crippen molar-refractivity contribution in [3.63, 3.8) is 0 Å². The molecule has 0 saturated heterocycles. The van der Waals surface area contributed by atoms with Crippen LogP contribution in [-0.2, 0) is 16.1 Å². The van der Waals surface area contributed by atoms with Gasteiger partial charge in [-0.1, -0.05) is 60.7 Å². The maximum atomic E-state index is 12.0. The second-order valence-corrected chi connectivity index (χ2v) is 6.76. The van der Waals surface area contributed by atoms with E-state index in [2.05, 4.69) is 34.9 Å². The number of hydrogen-bond donors (Lipinski definition) is 0. The number of hydrogen-bond acceptors (Lipinski definition) is 3. The van der Waals surface area contributed by atoms with Crippen LogP contribution in [0.1, 0.15) is 18.1 Å². The van der Waals surface area contributed by atoms with E-state index in [1.165, 1.54) is 16.3 Å². The molecule has 0 fully saturated rings. The Morgan fingerprint density at radius 2 is 1.76 bits per heavy atom. The van der Waals surface area contributed by atoms with Gasteiger partial charge in [0.25, 0.3) is 0 Å². The van der Waals surface area contributed by atoms with Crippen molar-refractivity contribution >= 4 is 33.7 Å². The number of rotatable bonds is 5. The summed E-state index contributed by atoms with van der Waals surface area (Å²) in [7, 11) is 0. The Bertz CT molecular complexity index is 1270. The van der Waals surface area contributed by atoms with Crippen LogP contribution in [0.3, 0.4) is 0 Å². The number of carbonyl (C=O) groups excluding carboxylic acids is 1. The van der Waals surface area contributed by atoms with Gasteiger partial charge in [0, 0.05) is 29.2 Å². The molecule has 0 bridgehead atoms. The van der Waals surface area contributed by atoms with Crippen molar-refractivity contribution in [2.24, 2.45) is 0 Å². The molecule has 0 aliphatic carbocycles. The topological polar surface area (TPSA) is 55.0 Å². The molecule has 0 aliphatic heterocycles. The molecule has 3 aromatic carbocycles. The van der Waals surface area contributed by atoms with Gasteiger partial charge in [0.05, 0.1) is 6.61 Å². The predicted molar refractivity (Wildman–Crippen MR) is 115 cm³/mol. The molecule has 4 heteroatoms. The van der Waals surface area contributed by atoms with Crippen LogP contribution >= 0.6 is 0 Å². The minimum absolute atomic E-state index is 0.0000797. The Hall–Kier alpha value is -3.84. The van der Waals surface area contributed by atoms with E-state index in [0.717, 1.165) is 16.5 Å². The van der Waals surface area contributed by atoms with Crippen LogP contribution in [0, 0.1) is 11.3 Å². The Morgan fingerprint density at radius 3 is 2.55 bits per heavy atom. The van der Waals surface area contributed by atoms with Crippen molar-refractivity contribution in [1.29, 1.82) is 5.26 Å². The molecule has 4 nitrogen and oxygen atoms in total. The fraction of sp³-hybridized carbons (Fsp3) is 0.120. The zero-order valence-electron chi connectivity index (χ0n) is 16.1. The summed E-state index contributed by atoms with van der Waals surface area (Å²) in [6, 6.07) is 24.6. The Labute approximate surface area is 169 Å². The lowest BCUT2D eigenvalue weighted by Gasteiger charge is -2.09. The zero-order valence-corrected chi connectivity index (χ0v) is 16.1. The van der Waals surface area contributed by atoms with Gasteiger partial charge in [0.15, 0.2) is 0 Å². The van der Waals surface area contributed by atoms with E-state index >= 15 is 0 Å². The van der Waals surface area contributed by atoms with E-state index in [0.29, 0.717) is 6.54 Å². The van der Waals surface area contributed by atoms with Crippen LogP contribution < -0.4 is 0 Å². The first-order valence-electron chi connectivity index (χ1n) is 9.54. The van der Waals surface area contributed by atoms with E-state index in [1.807, 2.05) is 48.7 Å². The molecule has 29 heavy (non-hydrogen) atoms. The minimum Gasteiger partial charge on any atom is -0.462 e. The Kier molecular flexibility index (Phi) is 5.13. The highest BCUT2D eigenvalue weighted by molar-refractivity contribution is 6.01. The summed E-state index contributed by atoms with van der Waals surface area (Å²) in [5, 5.41) is 12.8. The van der Waals surface area contributed by atoms with Crippen LogP contribution in [0.4, 0.5) is 0 Å². The number of ether oxygens (including phenoxy) is 1. The molecule has 0 unspecified atom stereocenters. The molecular weight excluding hydrogens is 360 g/mol. The second kappa shape index (κ2) is 8.04. The number of fused-ring (bicyclic) bond motifs is 2. The van der Waals surface area contributed by atoms with E-state index in [4.69, 9.17) is 4.74 Å². The number of aromatic nitrogens is 1. The molecule has 1 heterocycles. The van der Waals surface area contributed by atoms with Crippen molar-refractivity contribution in [3.8, 4) is 6.07 Å². The monoisotopic (exact) mass is 380 g/mol. The number of para-hydroxylation sites is 1. The van der Waals surface area contributed by atoms with Gasteiger partial charge >= 0.3 is 5.97 Å². The molecule has 4 rings (SSSR count). The number of nitriles is 1. The van der Waals surface area contributed by atoms with Crippen molar-refractivity contribution in [1.82, 2.24) is 4.57 Å². The highest BCUT2D eigenvalue weighted by atomic mass is 16.5. The smallest absolute Gasteiger partial charge is 0.348 e. The van der Waals surface area contributed by atoms with Crippen LogP contribution in [0.5, 0.6) is 0 Å². The summed E-state index contributed by atoms with van der Waals surface area (Å²) in [4.78, 5) is 12.0. The molecule has 0 amide bonds. The maximum absolute atomic E-state index is 12.0. The highest BCUT2D eigenvalue weighted by Crippen LogP contribution is 2.26. The molecule has 0 atom stereocenters. The van der Waals surface area contributed by atoms with Crippen molar-refractivity contribution in [2.45, 2.75) is 13.5 Å². The van der Waals surface area contributed by atoms with E-state index in [-0.39, 0.29) is 12.2 Å². The molecule has 0 saturated carbocycles. The van der Waals surface area contributed by atoms with Gasteiger partial charge < -0.3 is 9.30 Å². The summed E-state index contributed by atoms with van der Waals surface area (Å²) in [6.45, 7) is 2.65. The molecule has 4 aromatic rings. The van der Waals surface area contributed by atoms with E-state index < -0.39 is 5.97 Å². The number of benzene rings is 3. The average Bonchev–Trinajstić information content (AvgIpc) is 3.10. The Morgan fingerprint density at radius 1 is 1.03 bits per heavy atom. The fourth-order valence-electron chi connectivity index (χ4n) is 3.64. The van der Waals surface area contributed by atoms with Gasteiger partial charge in [-0.05, 0) is 35.4 Å². The number of carbonyl (C=O) groups is 1. The quantitative estimate of drug-likeness (QED) is 0.268. The van der Waals surface area contributed by atoms with Gasteiger partial charge in [-0.25, -0.2) is 4.79 Å². The van der Waals surface area contributed by atoms with Crippen LogP contribution in [0.15, 0.2) is 78.5 Å². The lowest BCUT2D eigenvalue weighted by molar-refractivity contribution is -0.137. The van der Waals surface area contributed by atoms with Gasteiger partial charge in [-0.3, -0.25) is 0 Å². The molecule has 0 radical (unpaired) electrons. The first-order chi connectivity index (χ1) is 14.2. The first-order valence-corrected chi connectivity index (χ1v) is 9.54. The molecule has 0 spiro atoms. The summed E-state index contributed by atoms with van der Waals surface area (Å²) in [5.74, 6) is -0.596. The van der Waals surface area contributed by atoms with Crippen LogP contribution in [-0.4, -0.2) is 17.1 Å². The average molecular weight is 380 g/mol. The first kappa shape index (κ1) is 18.5. The van der Waals surface area contributed by atoms with Crippen molar-refractivity contribution in [2.75, 3.05) is 6.61 Å². The third-order valence-corrected chi connectivity index (χ3v) is 4.96. The van der Waals surface area contributed by atoms with Crippen LogP contribution in [0.2, 0.25) is 0 Å². The third kappa shape index (κ3) is 3.63. The molecule has 0 aliphatic rings. The minimum atomic E-state index is -0.596. The lowest BCUT2D eigenvalue weighted by atomic mass is 10.0. The maximum Gasteiger partial charge on any atom is 0.348 e. The molecule has 142 valence electrons. The van der Waals surface area contributed by atoms with Gasteiger partial charge in [0.1, 0.15) is 11.6 Å². The van der Waals surface area contributed by atoms with Gasteiger partial charge in [-0.2, -0.15) is 5.26 Å². The zero-order chi connectivity index (χ0) is 20.2. The van der Waals surface area contributed by atoms with Gasteiger partial charge in [0.2, 0.25) is 0 Å². The third-order valence-electron chi connectivity index (χ3n) is 4.96. The molecular formula is C25H20N2O2. The molecule has 0 N–H and O–H groups in total. The fourth-order valence-corrected chi connectivity index (χ4v) is 3.64. The second-order valence-electron chi connectivity index (χ2n) is 6.76. The SMILES string of the molecule is CCOC(=O)/C(C#N)=C\c1cn(Cc2cccc3ccccc23)c2ccccc12.